The van der Waals surface area contributed by atoms with Gasteiger partial charge < -0.3 is 15.4 Å². The lowest BCUT2D eigenvalue weighted by molar-refractivity contribution is -0.148. The van der Waals surface area contributed by atoms with Gasteiger partial charge >= 0.3 is 5.97 Å². The molecule has 0 saturated heterocycles. The molecule has 0 aliphatic heterocycles. The Kier molecular flexibility index (Phi) is 8.76. The molecule has 0 aromatic heterocycles. The van der Waals surface area contributed by atoms with Crippen LogP contribution in [0.3, 0.4) is 0 Å². The molecule has 0 saturated carbocycles. The number of carbonyl (C=O) groups excluding carboxylic acids is 3. The highest BCUT2D eigenvalue weighted by molar-refractivity contribution is 7.89. The van der Waals surface area contributed by atoms with Crippen molar-refractivity contribution in [2.75, 3.05) is 32.1 Å². The van der Waals surface area contributed by atoms with Crippen LogP contribution in [0.4, 0.5) is 5.69 Å². The van der Waals surface area contributed by atoms with Crippen molar-refractivity contribution < 1.29 is 27.5 Å². The first-order chi connectivity index (χ1) is 15.0. The minimum Gasteiger partial charge on any atom is -0.455 e. The van der Waals surface area contributed by atoms with E-state index < -0.39 is 41.0 Å². The molecule has 2 rings (SSSR count). The van der Waals surface area contributed by atoms with Gasteiger partial charge in [0.25, 0.3) is 5.91 Å². The van der Waals surface area contributed by atoms with Crippen LogP contribution in [0.1, 0.15) is 11.1 Å². The third-order valence-corrected chi connectivity index (χ3v) is 6.63. The molecule has 0 fully saturated rings. The maximum atomic E-state index is 12.4. The van der Waals surface area contributed by atoms with Crippen LogP contribution in [-0.4, -0.2) is 57.3 Å². The largest absolute Gasteiger partial charge is 0.455 e. The lowest BCUT2D eigenvalue weighted by atomic mass is 10.1. The Balaban J connectivity index is 1.77. The van der Waals surface area contributed by atoms with E-state index in [9.17, 15) is 22.8 Å². The van der Waals surface area contributed by atoms with Gasteiger partial charge in [0.15, 0.2) is 6.61 Å². The van der Waals surface area contributed by atoms with Gasteiger partial charge in [0.1, 0.15) is 6.54 Å². The van der Waals surface area contributed by atoms with Crippen molar-refractivity contribution in [3.63, 3.8) is 0 Å². The summed E-state index contributed by atoms with van der Waals surface area (Å²) in [6.07, 6.45) is 0. The number of aryl methyl sites for hydroxylation is 1. The SMILES string of the molecule is Cc1cccc(NC(=O)CNC(=O)COC(=O)CN(C)S(=O)(=O)c2ccc(Cl)cc2)c1C. The van der Waals surface area contributed by atoms with E-state index in [0.29, 0.717) is 10.7 Å². The average Bonchev–Trinajstić information content (AvgIpc) is 2.74. The van der Waals surface area contributed by atoms with E-state index >= 15 is 0 Å². The molecule has 0 unspecified atom stereocenters. The molecule has 0 radical (unpaired) electrons. The van der Waals surface area contributed by atoms with Crippen molar-refractivity contribution >= 4 is 45.1 Å². The highest BCUT2D eigenvalue weighted by atomic mass is 35.5. The smallest absolute Gasteiger partial charge is 0.321 e. The van der Waals surface area contributed by atoms with Crippen LogP contribution in [0.15, 0.2) is 47.4 Å². The fraction of sp³-hybridized carbons (Fsp3) is 0.286. The molecule has 0 atom stereocenters. The Morgan fingerprint density at radius 1 is 1.03 bits per heavy atom. The fourth-order valence-electron chi connectivity index (χ4n) is 2.56. The molecule has 2 aromatic carbocycles. The van der Waals surface area contributed by atoms with Crippen LogP contribution >= 0.6 is 11.6 Å². The summed E-state index contributed by atoms with van der Waals surface area (Å²) >= 11 is 5.75. The molecule has 2 amide bonds. The summed E-state index contributed by atoms with van der Waals surface area (Å²) in [5.41, 5.74) is 2.57. The number of sulfonamides is 1. The lowest BCUT2D eigenvalue weighted by Crippen LogP contribution is -2.37. The van der Waals surface area contributed by atoms with Gasteiger partial charge in [-0.3, -0.25) is 14.4 Å². The zero-order valence-corrected chi connectivity index (χ0v) is 19.4. The predicted octanol–water partition coefficient (Wildman–Crippen LogP) is 1.88. The van der Waals surface area contributed by atoms with Gasteiger partial charge in [-0.1, -0.05) is 23.7 Å². The minimum atomic E-state index is -3.93. The van der Waals surface area contributed by atoms with E-state index in [1.54, 1.807) is 12.1 Å². The number of rotatable bonds is 9. The molecule has 0 heterocycles. The van der Waals surface area contributed by atoms with Crippen LogP contribution in [0, 0.1) is 13.8 Å². The average molecular weight is 482 g/mol. The van der Waals surface area contributed by atoms with Gasteiger partial charge in [-0.05, 0) is 55.3 Å². The summed E-state index contributed by atoms with van der Waals surface area (Å²) in [5, 5.41) is 5.40. The second kappa shape index (κ2) is 11.1. The number of halogens is 1. The summed E-state index contributed by atoms with van der Waals surface area (Å²) in [4.78, 5) is 35.8. The second-order valence-electron chi connectivity index (χ2n) is 6.95. The van der Waals surface area contributed by atoms with Gasteiger partial charge in [-0.2, -0.15) is 4.31 Å². The number of nitrogens with zero attached hydrogens (tertiary/aromatic N) is 1. The van der Waals surface area contributed by atoms with Crippen LogP contribution in [0.25, 0.3) is 0 Å². The third-order valence-electron chi connectivity index (χ3n) is 4.56. The highest BCUT2D eigenvalue weighted by Gasteiger charge is 2.24. The Hall–Kier alpha value is -2.95. The second-order valence-corrected chi connectivity index (χ2v) is 9.43. The molecule has 0 aliphatic rings. The van der Waals surface area contributed by atoms with E-state index in [1.807, 2.05) is 19.9 Å². The Morgan fingerprint density at radius 2 is 1.69 bits per heavy atom. The van der Waals surface area contributed by atoms with E-state index in [2.05, 4.69) is 10.6 Å². The molecule has 0 spiro atoms. The summed E-state index contributed by atoms with van der Waals surface area (Å²) in [6, 6.07) is 10.9. The first-order valence-corrected chi connectivity index (χ1v) is 11.3. The Labute approximate surface area is 191 Å². The maximum absolute atomic E-state index is 12.4. The summed E-state index contributed by atoms with van der Waals surface area (Å²) in [6.45, 7) is 2.23. The number of hydrogen-bond donors (Lipinski definition) is 2. The fourth-order valence-corrected chi connectivity index (χ4v) is 3.80. The minimum absolute atomic E-state index is 0.0372. The van der Waals surface area contributed by atoms with Crippen LogP contribution < -0.4 is 10.6 Å². The zero-order valence-electron chi connectivity index (χ0n) is 17.8. The molecule has 0 bridgehead atoms. The van der Waals surface area contributed by atoms with Gasteiger partial charge in [-0.25, -0.2) is 8.42 Å². The zero-order chi connectivity index (χ0) is 23.9. The van der Waals surface area contributed by atoms with E-state index in [-0.39, 0.29) is 11.4 Å². The van der Waals surface area contributed by atoms with Crippen LogP contribution in [0.2, 0.25) is 5.02 Å². The molecule has 0 aliphatic carbocycles. The molecular formula is C21H24ClN3O6S. The summed E-state index contributed by atoms with van der Waals surface area (Å²) < 4.78 is 30.5. The summed E-state index contributed by atoms with van der Waals surface area (Å²) in [5.74, 6) is -2.05. The number of ether oxygens (including phenoxy) is 1. The van der Waals surface area contributed by atoms with Crippen molar-refractivity contribution in [3.8, 4) is 0 Å². The molecule has 11 heteroatoms. The quantitative estimate of drug-likeness (QED) is 0.527. The van der Waals surface area contributed by atoms with Gasteiger partial charge in [-0.15, -0.1) is 0 Å². The van der Waals surface area contributed by atoms with E-state index in [4.69, 9.17) is 16.3 Å². The number of carbonyl (C=O) groups is 3. The van der Waals surface area contributed by atoms with E-state index in [0.717, 1.165) is 15.4 Å². The Bertz CT molecular complexity index is 1100. The number of benzene rings is 2. The van der Waals surface area contributed by atoms with Crippen LogP contribution in [0.5, 0.6) is 0 Å². The maximum Gasteiger partial charge on any atom is 0.321 e. The lowest BCUT2D eigenvalue weighted by Gasteiger charge is -2.16. The van der Waals surface area contributed by atoms with Gasteiger partial charge in [0.05, 0.1) is 11.4 Å². The van der Waals surface area contributed by atoms with Crippen molar-refractivity contribution in [1.82, 2.24) is 9.62 Å². The first kappa shape index (κ1) is 25.3. The van der Waals surface area contributed by atoms with Crippen molar-refractivity contribution in [2.24, 2.45) is 0 Å². The number of esters is 1. The monoisotopic (exact) mass is 481 g/mol. The summed E-state index contributed by atoms with van der Waals surface area (Å²) in [7, 11) is -2.72. The van der Waals surface area contributed by atoms with Crippen molar-refractivity contribution in [2.45, 2.75) is 18.7 Å². The molecule has 32 heavy (non-hydrogen) atoms. The van der Waals surface area contributed by atoms with Gasteiger partial charge in [0.2, 0.25) is 15.9 Å². The molecule has 9 nitrogen and oxygen atoms in total. The molecule has 2 aromatic rings. The van der Waals surface area contributed by atoms with Crippen LogP contribution in [-0.2, 0) is 29.1 Å². The van der Waals surface area contributed by atoms with Gasteiger partial charge in [0, 0.05) is 17.8 Å². The number of nitrogens with one attached hydrogen (secondary N) is 2. The Morgan fingerprint density at radius 3 is 2.34 bits per heavy atom. The topological polar surface area (TPSA) is 122 Å². The number of likely N-dealkylation sites (N-methyl/N-ethyl adjacent to an activating group) is 1. The standard InChI is InChI=1S/C21H24ClN3O6S/c1-14-5-4-6-18(15(14)2)24-19(26)11-23-20(27)13-31-21(28)12-25(3)32(29,30)17-9-7-16(22)8-10-17/h4-10H,11-13H2,1-3H3,(H,23,27)(H,24,26). The molecule has 2 N–H and O–H groups in total. The van der Waals surface area contributed by atoms with E-state index in [1.165, 1.54) is 31.3 Å². The number of anilines is 1. The first-order valence-electron chi connectivity index (χ1n) is 9.51. The van der Waals surface area contributed by atoms with Crippen molar-refractivity contribution in [1.29, 1.82) is 0 Å². The highest BCUT2D eigenvalue weighted by Crippen LogP contribution is 2.18. The number of hydrogen-bond acceptors (Lipinski definition) is 6. The molecule has 172 valence electrons. The normalized spacial score (nSPS) is 11.2. The number of amides is 2. The molecular weight excluding hydrogens is 458 g/mol. The third kappa shape index (κ3) is 7.04. The van der Waals surface area contributed by atoms with Crippen molar-refractivity contribution in [3.05, 3.63) is 58.6 Å². The predicted molar refractivity (Wildman–Crippen MR) is 120 cm³/mol.